The van der Waals surface area contributed by atoms with Crippen molar-refractivity contribution in [2.45, 2.75) is 0 Å². The zero-order chi connectivity index (χ0) is 7.82. The van der Waals surface area contributed by atoms with Crippen molar-refractivity contribution in [1.29, 1.82) is 0 Å². The molecule has 1 rings (SSSR count). The minimum absolute atomic E-state index is 0. The van der Waals surface area contributed by atoms with Crippen LogP contribution in [-0.4, -0.2) is 43.2 Å². The van der Waals surface area contributed by atoms with Gasteiger partial charge in [-0.2, -0.15) is 0 Å². The molecule has 0 bridgehead atoms. The van der Waals surface area contributed by atoms with Crippen molar-refractivity contribution in [2.75, 3.05) is 26.4 Å². The van der Waals surface area contributed by atoms with Crippen LogP contribution in [0.1, 0.15) is 0 Å². The molecule has 6 nitrogen and oxygen atoms in total. The van der Waals surface area contributed by atoms with Crippen LogP contribution in [0.5, 0.6) is 0 Å². The van der Waals surface area contributed by atoms with Gasteiger partial charge >= 0.3 is 29.6 Å². The molecule has 0 spiro atoms. The SMILES string of the molecule is C1COCCO1.O.O=C([O-])O.[Na+]. The number of ether oxygens (including phenoxy) is 2. The molecular formula is C5H11NaO6. The third-order valence-electron chi connectivity index (χ3n) is 0.744. The maximum atomic E-state index is 8.44. The Morgan fingerprint density at radius 2 is 1.33 bits per heavy atom. The third kappa shape index (κ3) is 22.5. The summed E-state index contributed by atoms with van der Waals surface area (Å²) < 4.78 is 9.89. The first-order valence-corrected chi connectivity index (χ1v) is 2.79. The molecule has 3 N–H and O–H groups in total. The van der Waals surface area contributed by atoms with Gasteiger partial charge in [-0.25, -0.2) is 0 Å². The predicted molar refractivity (Wildman–Crippen MR) is 33.3 cm³/mol. The van der Waals surface area contributed by atoms with E-state index >= 15 is 0 Å². The summed E-state index contributed by atoms with van der Waals surface area (Å²) in [5.41, 5.74) is 0. The molecule has 1 aliphatic heterocycles. The molecule has 1 saturated heterocycles. The summed E-state index contributed by atoms with van der Waals surface area (Å²) >= 11 is 0. The summed E-state index contributed by atoms with van der Waals surface area (Å²) in [4.78, 5) is 8.44. The van der Waals surface area contributed by atoms with Crippen LogP contribution in [0.15, 0.2) is 0 Å². The van der Waals surface area contributed by atoms with E-state index in [0.29, 0.717) is 0 Å². The fourth-order valence-electron chi connectivity index (χ4n) is 0.440. The molecule has 0 aliphatic carbocycles. The summed E-state index contributed by atoms with van der Waals surface area (Å²) in [5, 5.41) is 15.3. The van der Waals surface area contributed by atoms with E-state index in [2.05, 4.69) is 0 Å². The molecule has 0 aromatic heterocycles. The summed E-state index contributed by atoms with van der Waals surface area (Å²) in [6, 6.07) is 0. The van der Waals surface area contributed by atoms with Crippen molar-refractivity contribution in [3.05, 3.63) is 0 Å². The fourth-order valence-corrected chi connectivity index (χ4v) is 0.440. The Morgan fingerprint density at radius 1 is 1.17 bits per heavy atom. The van der Waals surface area contributed by atoms with Gasteiger partial charge in [-0.15, -0.1) is 0 Å². The second-order valence-corrected chi connectivity index (χ2v) is 1.49. The smallest absolute Gasteiger partial charge is 0.565 e. The third-order valence-corrected chi connectivity index (χ3v) is 0.744. The van der Waals surface area contributed by atoms with Crippen LogP contribution in [-0.2, 0) is 9.47 Å². The van der Waals surface area contributed by atoms with Crippen LogP contribution in [0, 0.1) is 0 Å². The van der Waals surface area contributed by atoms with Gasteiger partial charge in [0, 0.05) is 0 Å². The molecule has 1 fully saturated rings. The van der Waals surface area contributed by atoms with E-state index in [4.69, 9.17) is 24.5 Å². The number of carboxylic acid groups (broad SMARTS) is 2. The van der Waals surface area contributed by atoms with Gasteiger partial charge in [0.1, 0.15) is 0 Å². The molecular weight excluding hydrogens is 179 g/mol. The van der Waals surface area contributed by atoms with Crippen molar-refractivity contribution in [1.82, 2.24) is 0 Å². The Morgan fingerprint density at radius 3 is 1.42 bits per heavy atom. The van der Waals surface area contributed by atoms with Crippen molar-refractivity contribution >= 4 is 6.16 Å². The second kappa shape index (κ2) is 13.7. The van der Waals surface area contributed by atoms with Gasteiger partial charge in [0.05, 0.1) is 26.4 Å². The Bertz CT molecular complexity index is 78.4. The molecule has 1 heterocycles. The van der Waals surface area contributed by atoms with Gasteiger partial charge in [0.25, 0.3) is 0 Å². The molecule has 7 heteroatoms. The van der Waals surface area contributed by atoms with Crippen LogP contribution in [0.2, 0.25) is 0 Å². The summed E-state index contributed by atoms with van der Waals surface area (Å²) in [5.74, 6) is 0. The maximum absolute atomic E-state index is 8.44. The van der Waals surface area contributed by atoms with E-state index in [0.717, 1.165) is 26.4 Å². The molecule has 0 saturated carbocycles. The van der Waals surface area contributed by atoms with Gasteiger partial charge in [-0.3, -0.25) is 0 Å². The number of rotatable bonds is 0. The van der Waals surface area contributed by atoms with Crippen LogP contribution in [0.25, 0.3) is 0 Å². The minimum Gasteiger partial charge on any atom is -0.565 e. The molecule has 0 unspecified atom stereocenters. The Kier molecular flexibility index (Phi) is 20.6. The van der Waals surface area contributed by atoms with E-state index in [-0.39, 0.29) is 35.0 Å². The minimum atomic E-state index is -2.08. The molecule has 0 atom stereocenters. The van der Waals surface area contributed by atoms with Gasteiger partial charge < -0.3 is 30.0 Å². The van der Waals surface area contributed by atoms with Crippen molar-refractivity contribution in [3.63, 3.8) is 0 Å². The maximum Gasteiger partial charge on any atom is 1.00 e. The Hall–Kier alpha value is 0.150. The largest absolute Gasteiger partial charge is 1.00 e. The first-order chi connectivity index (χ1) is 4.73. The van der Waals surface area contributed by atoms with Gasteiger partial charge in [-0.1, -0.05) is 0 Å². The Labute approximate surface area is 92.1 Å². The number of hydrogen-bond acceptors (Lipinski definition) is 4. The van der Waals surface area contributed by atoms with E-state index in [1.165, 1.54) is 0 Å². The average molecular weight is 190 g/mol. The summed E-state index contributed by atoms with van der Waals surface area (Å²) in [6.45, 7) is 3.11. The van der Waals surface area contributed by atoms with E-state index < -0.39 is 6.16 Å². The standard InChI is InChI=1S/C4H8O2.CH2O3.Na.H2O/c1-2-6-4-3-5-1;2-1(3)4;;/h1-4H2;(H2,2,3,4);;1H2/q;;+1;/p-1. The molecule has 12 heavy (non-hydrogen) atoms. The number of hydrogen-bond donors (Lipinski definition) is 1. The van der Waals surface area contributed by atoms with Crippen LogP contribution in [0.4, 0.5) is 4.79 Å². The molecule has 0 aromatic carbocycles. The van der Waals surface area contributed by atoms with Crippen LogP contribution in [0.3, 0.4) is 0 Å². The topological polar surface area (TPSA) is 110 Å². The molecule has 0 amide bonds. The van der Waals surface area contributed by atoms with E-state index in [9.17, 15) is 0 Å². The zero-order valence-corrected chi connectivity index (χ0v) is 8.91. The predicted octanol–water partition coefficient (Wildman–Crippen LogP) is -4.90. The Balaban J connectivity index is -0.000000124. The number of carbonyl (C=O) groups is 1. The normalized spacial score (nSPS) is 14.0. The van der Waals surface area contributed by atoms with E-state index in [1.54, 1.807) is 0 Å². The summed E-state index contributed by atoms with van der Waals surface area (Å²) in [6.07, 6.45) is -2.08. The van der Waals surface area contributed by atoms with E-state index in [1.807, 2.05) is 0 Å². The summed E-state index contributed by atoms with van der Waals surface area (Å²) in [7, 11) is 0. The molecule has 1 aliphatic rings. The average Bonchev–Trinajstić information content (AvgIpc) is 1.90. The monoisotopic (exact) mass is 190 g/mol. The molecule has 0 radical (unpaired) electrons. The zero-order valence-electron chi connectivity index (χ0n) is 6.91. The first kappa shape index (κ1) is 18.0. The quantitative estimate of drug-likeness (QED) is 0.385. The van der Waals surface area contributed by atoms with Gasteiger partial charge in [-0.05, 0) is 0 Å². The molecule has 0 aromatic rings. The van der Waals surface area contributed by atoms with Crippen LogP contribution < -0.4 is 34.7 Å². The van der Waals surface area contributed by atoms with Gasteiger partial charge in [0.2, 0.25) is 6.16 Å². The van der Waals surface area contributed by atoms with Crippen molar-refractivity contribution in [3.8, 4) is 0 Å². The second-order valence-electron chi connectivity index (χ2n) is 1.49. The van der Waals surface area contributed by atoms with Crippen LogP contribution >= 0.6 is 0 Å². The van der Waals surface area contributed by atoms with Crippen molar-refractivity contribution in [2.24, 2.45) is 0 Å². The fraction of sp³-hybridized carbons (Fsp3) is 0.800. The van der Waals surface area contributed by atoms with Crippen molar-refractivity contribution < 1.29 is 59.5 Å². The first-order valence-electron chi connectivity index (χ1n) is 2.79. The molecule has 68 valence electrons. The van der Waals surface area contributed by atoms with Gasteiger partial charge in [0.15, 0.2) is 0 Å².